The first-order chi connectivity index (χ1) is 29.0. The number of rotatable bonds is 47. The van der Waals surface area contributed by atoms with Crippen LogP contribution in [0, 0.1) is 0 Å². The number of carbonyl (C=O) groups excluding carboxylic acids is 3. The summed E-state index contributed by atoms with van der Waals surface area (Å²) in [6.07, 6.45) is 54.5. The van der Waals surface area contributed by atoms with Gasteiger partial charge in [0.25, 0.3) is 0 Å². The van der Waals surface area contributed by atoms with E-state index >= 15 is 0 Å². The zero-order valence-corrected chi connectivity index (χ0v) is 39.5. The van der Waals surface area contributed by atoms with Crippen molar-refractivity contribution in [3.8, 4) is 0 Å². The topological polar surface area (TPSA) is 78.9 Å². The quantitative estimate of drug-likeness (QED) is 0.0263. The maximum atomic E-state index is 12.8. The van der Waals surface area contributed by atoms with Crippen molar-refractivity contribution in [3.05, 3.63) is 24.3 Å². The molecule has 0 saturated carbocycles. The molecule has 0 aliphatic carbocycles. The molecule has 0 aromatic rings. The number of esters is 3. The van der Waals surface area contributed by atoms with Gasteiger partial charge in [-0.3, -0.25) is 14.4 Å². The van der Waals surface area contributed by atoms with Gasteiger partial charge in [0.05, 0.1) is 0 Å². The van der Waals surface area contributed by atoms with Gasteiger partial charge in [0.15, 0.2) is 6.10 Å². The summed E-state index contributed by atoms with van der Waals surface area (Å²) < 4.78 is 16.8. The summed E-state index contributed by atoms with van der Waals surface area (Å²) in [5, 5.41) is 0. The van der Waals surface area contributed by atoms with E-state index in [1.54, 1.807) is 0 Å². The zero-order valence-electron chi connectivity index (χ0n) is 39.5. The van der Waals surface area contributed by atoms with E-state index in [-0.39, 0.29) is 31.1 Å². The molecule has 0 aliphatic rings. The fourth-order valence-electron chi connectivity index (χ4n) is 7.48. The first-order valence-electron chi connectivity index (χ1n) is 25.8. The highest BCUT2D eigenvalue weighted by atomic mass is 16.6. The fraction of sp³-hybridized carbons (Fsp3) is 0.868. The third-order valence-corrected chi connectivity index (χ3v) is 11.4. The monoisotopic (exact) mass is 831 g/mol. The molecule has 1 unspecified atom stereocenters. The van der Waals surface area contributed by atoms with E-state index in [4.69, 9.17) is 14.2 Å². The molecule has 0 spiro atoms. The third kappa shape index (κ3) is 46.8. The van der Waals surface area contributed by atoms with E-state index in [1.807, 2.05) is 0 Å². The highest BCUT2D eigenvalue weighted by molar-refractivity contribution is 5.71. The molecule has 0 amide bonds. The minimum atomic E-state index is -0.770. The van der Waals surface area contributed by atoms with E-state index in [0.717, 1.165) is 64.2 Å². The molecule has 59 heavy (non-hydrogen) atoms. The normalized spacial score (nSPS) is 12.1. The molecule has 1 atom stereocenters. The van der Waals surface area contributed by atoms with Gasteiger partial charge >= 0.3 is 17.9 Å². The van der Waals surface area contributed by atoms with Crippen LogP contribution in [0.5, 0.6) is 0 Å². The molecule has 0 aromatic heterocycles. The van der Waals surface area contributed by atoms with Crippen LogP contribution in [0.2, 0.25) is 0 Å². The number of unbranched alkanes of at least 4 members (excludes halogenated alkanes) is 32. The summed E-state index contributed by atoms with van der Waals surface area (Å²) in [5.41, 5.74) is 0. The van der Waals surface area contributed by atoms with Crippen LogP contribution in [0.15, 0.2) is 24.3 Å². The Bertz CT molecular complexity index is 958. The Hall–Kier alpha value is -2.11. The molecule has 6 nitrogen and oxygen atoms in total. The van der Waals surface area contributed by atoms with Crippen LogP contribution >= 0.6 is 0 Å². The average molecular weight is 831 g/mol. The van der Waals surface area contributed by atoms with Gasteiger partial charge in [-0.25, -0.2) is 0 Å². The molecule has 0 N–H and O–H groups in total. The van der Waals surface area contributed by atoms with E-state index in [0.29, 0.717) is 19.3 Å². The maximum Gasteiger partial charge on any atom is 0.306 e. The molecule has 0 bridgehead atoms. The summed E-state index contributed by atoms with van der Waals surface area (Å²) in [5.74, 6) is -0.876. The largest absolute Gasteiger partial charge is 0.462 e. The molecule has 0 aliphatic heterocycles. The second-order valence-electron chi connectivity index (χ2n) is 17.4. The number of ether oxygens (including phenoxy) is 3. The Morgan fingerprint density at radius 2 is 0.576 bits per heavy atom. The summed E-state index contributed by atoms with van der Waals surface area (Å²) in [6, 6.07) is 0. The van der Waals surface area contributed by atoms with Crippen LogP contribution in [0.4, 0.5) is 0 Å². The van der Waals surface area contributed by atoms with Crippen LogP contribution in [-0.4, -0.2) is 37.2 Å². The molecular weight excluding hydrogens is 733 g/mol. The maximum absolute atomic E-state index is 12.8. The number of allylic oxidation sites excluding steroid dienone is 4. The summed E-state index contributed by atoms with van der Waals surface area (Å²) >= 11 is 0. The van der Waals surface area contributed by atoms with Crippen LogP contribution < -0.4 is 0 Å². The molecule has 0 rings (SSSR count). The van der Waals surface area contributed by atoms with Gasteiger partial charge < -0.3 is 14.2 Å². The Morgan fingerprint density at radius 3 is 0.898 bits per heavy atom. The first-order valence-corrected chi connectivity index (χ1v) is 25.8. The SMILES string of the molecule is CCCC/C=C\CCCCCCCC(=O)OCC(COC(=O)CCCCCCCCC/C=C\CCCCCCCCC)OC(=O)CCCCCCCCCCCCCC. The number of hydrogen-bond acceptors (Lipinski definition) is 6. The molecule has 0 heterocycles. The molecule has 0 radical (unpaired) electrons. The van der Waals surface area contributed by atoms with Crippen LogP contribution in [0.3, 0.4) is 0 Å². The lowest BCUT2D eigenvalue weighted by Crippen LogP contribution is -2.30. The zero-order chi connectivity index (χ0) is 43.0. The van der Waals surface area contributed by atoms with Gasteiger partial charge in [0.2, 0.25) is 0 Å². The van der Waals surface area contributed by atoms with E-state index in [9.17, 15) is 14.4 Å². The summed E-state index contributed by atoms with van der Waals surface area (Å²) in [7, 11) is 0. The Kier molecular flexibility index (Phi) is 46.8. The van der Waals surface area contributed by atoms with Gasteiger partial charge in [0.1, 0.15) is 13.2 Å². The van der Waals surface area contributed by atoms with Crippen molar-refractivity contribution in [3.63, 3.8) is 0 Å². The molecule has 346 valence electrons. The van der Waals surface area contributed by atoms with E-state index in [1.165, 1.54) is 173 Å². The van der Waals surface area contributed by atoms with Crippen LogP contribution in [0.25, 0.3) is 0 Å². The fourth-order valence-corrected chi connectivity index (χ4v) is 7.48. The van der Waals surface area contributed by atoms with Gasteiger partial charge in [-0.1, -0.05) is 218 Å². The van der Waals surface area contributed by atoms with Crippen molar-refractivity contribution in [2.45, 2.75) is 284 Å². The molecule has 0 saturated heterocycles. The minimum absolute atomic E-state index is 0.0727. The average Bonchev–Trinajstić information content (AvgIpc) is 3.23. The van der Waals surface area contributed by atoms with Gasteiger partial charge in [-0.05, 0) is 64.2 Å². The third-order valence-electron chi connectivity index (χ3n) is 11.4. The molecule has 6 heteroatoms. The van der Waals surface area contributed by atoms with Crippen molar-refractivity contribution in [1.82, 2.24) is 0 Å². The van der Waals surface area contributed by atoms with Gasteiger partial charge in [-0.15, -0.1) is 0 Å². The molecule has 0 fully saturated rings. The van der Waals surface area contributed by atoms with Crippen molar-refractivity contribution in [1.29, 1.82) is 0 Å². The lowest BCUT2D eigenvalue weighted by Gasteiger charge is -2.18. The van der Waals surface area contributed by atoms with Gasteiger partial charge in [-0.2, -0.15) is 0 Å². The first kappa shape index (κ1) is 56.9. The van der Waals surface area contributed by atoms with E-state index < -0.39 is 6.10 Å². The number of hydrogen-bond donors (Lipinski definition) is 0. The smallest absolute Gasteiger partial charge is 0.306 e. The van der Waals surface area contributed by atoms with Crippen molar-refractivity contribution in [2.75, 3.05) is 13.2 Å². The van der Waals surface area contributed by atoms with Crippen molar-refractivity contribution in [2.24, 2.45) is 0 Å². The predicted octanol–water partition coefficient (Wildman–Crippen LogP) is 16.8. The Morgan fingerprint density at radius 1 is 0.322 bits per heavy atom. The van der Waals surface area contributed by atoms with Crippen LogP contribution in [-0.2, 0) is 28.6 Å². The molecular formula is C53H98O6. The summed E-state index contributed by atoms with van der Waals surface area (Å²) in [6.45, 7) is 6.61. The Labute approximate surface area is 366 Å². The van der Waals surface area contributed by atoms with Crippen molar-refractivity contribution >= 4 is 17.9 Å². The summed E-state index contributed by atoms with van der Waals surface area (Å²) in [4.78, 5) is 37.9. The second-order valence-corrected chi connectivity index (χ2v) is 17.4. The van der Waals surface area contributed by atoms with Crippen molar-refractivity contribution < 1.29 is 28.6 Å². The lowest BCUT2D eigenvalue weighted by molar-refractivity contribution is -0.167. The standard InChI is InChI=1S/C53H98O6/c1-4-7-10-13-16-19-22-24-25-26-27-28-29-32-34-37-40-43-46-52(55)58-49-50(48-57-51(54)45-42-39-36-33-30-21-18-15-12-9-6-3)59-53(56)47-44-41-38-35-31-23-20-17-14-11-8-5-2/h15,18,25-26,50H,4-14,16-17,19-24,27-49H2,1-3H3/b18-15-,26-25-. The highest BCUT2D eigenvalue weighted by Gasteiger charge is 2.19. The molecule has 0 aromatic carbocycles. The minimum Gasteiger partial charge on any atom is -0.462 e. The second kappa shape index (κ2) is 48.6. The van der Waals surface area contributed by atoms with Gasteiger partial charge in [0, 0.05) is 19.3 Å². The van der Waals surface area contributed by atoms with E-state index in [2.05, 4.69) is 45.1 Å². The highest BCUT2D eigenvalue weighted by Crippen LogP contribution is 2.15. The van der Waals surface area contributed by atoms with Crippen LogP contribution in [0.1, 0.15) is 278 Å². The Balaban J connectivity index is 4.30. The number of carbonyl (C=O) groups is 3. The lowest BCUT2D eigenvalue weighted by atomic mass is 10.0. The predicted molar refractivity (Wildman–Crippen MR) is 252 cm³/mol.